The van der Waals surface area contributed by atoms with Crippen molar-refractivity contribution < 1.29 is 0 Å². The van der Waals surface area contributed by atoms with Gasteiger partial charge in [0, 0.05) is 0 Å². The number of pyridine rings is 1. The summed E-state index contributed by atoms with van der Waals surface area (Å²) in [6.07, 6.45) is 0. The first kappa shape index (κ1) is 11.1. The molecule has 2 heterocycles. The van der Waals surface area contributed by atoms with Crippen molar-refractivity contribution in [3.63, 3.8) is 0 Å². The SMILES string of the molecule is O=c1[nH]c(-c2cccc(Br)n2)nc2ccccc12. The van der Waals surface area contributed by atoms with E-state index in [1.165, 1.54) is 0 Å². The topological polar surface area (TPSA) is 58.6 Å². The van der Waals surface area contributed by atoms with Crippen LogP contribution in [0.25, 0.3) is 22.4 Å². The number of fused-ring (bicyclic) bond motifs is 1. The summed E-state index contributed by atoms with van der Waals surface area (Å²) < 4.78 is 0.704. The molecule has 0 saturated heterocycles. The molecule has 0 bridgehead atoms. The van der Waals surface area contributed by atoms with Gasteiger partial charge in [-0.1, -0.05) is 18.2 Å². The Morgan fingerprint density at radius 1 is 1.00 bits per heavy atom. The van der Waals surface area contributed by atoms with Crippen LogP contribution in [0.15, 0.2) is 51.9 Å². The molecule has 88 valence electrons. The van der Waals surface area contributed by atoms with E-state index in [0.29, 0.717) is 27.0 Å². The summed E-state index contributed by atoms with van der Waals surface area (Å²) >= 11 is 3.30. The van der Waals surface area contributed by atoms with Crippen LogP contribution in [0.4, 0.5) is 0 Å². The molecule has 5 heteroatoms. The van der Waals surface area contributed by atoms with Gasteiger partial charge >= 0.3 is 0 Å². The molecular weight excluding hydrogens is 294 g/mol. The van der Waals surface area contributed by atoms with Gasteiger partial charge in [0.25, 0.3) is 5.56 Å². The summed E-state index contributed by atoms with van der Waals surface area (Å²) in [5.74, 6) is 0.472. The standard InChI is InChI=1S/C13H8BrN3O/c14-11-7-3-6-10(15-11)12-16-9-5-2-1-4-8(9)13(18)17-12/h1-7H,(H,16,17,18). The Morgan fingerprint density at radius 3 is 2.67 bits per heavy atom. The van der Waals surface area contributed by atoms with Crippen LogP contribution in [-0.2, 0) is 0 Å². The Bertz CT molecular complexity index is 782. The van der Waals surface area contributed by atoms with Crippen molar-refractivity contribution in [1.82, 2.24) is 15.0 Å². The molecule has 3 rings (SSSR count). The number of para-hydroxylation sites is 1. The molecule has 4 nitrogen and oxygen atoms in total. The van der Waals surface area contributed by atoms with Crippen molar-refractivity contribution in [2.75, 3.05) is 0 Å². The number of halogens is 1. The second-order valence-corrected chi connectivity index (χ2v) is 4.59. The smallest absolute Gasteiger partial charge is 0.259 e. The maximum Gasteiger partial charge on any atom is 0.259 e. The Kier molecular flexibility index (Phi) is 2.68. The first-order chi connectivity index (χ1) is 8.74. The highest BCUT2D eigenvalue weighted by molar-refractivity contribution is 9.10. The fraction of sp³-hybridized carbons (Fsp3) is 0. The largest absolute Gasteiger partial charge is 0.305 e. The van der Waals surface area contributed by atoms with Crippen LogP contribution < -0.4 is 5.56 Å². The molecule has 2 aromatic heterocycles. The van der Waals surface area contributed by atoms with E-state index in [1.807, 2.05) is 30.3 Å². The molecule has 0 fully saturated rings. The van der Waals surface area contributed by atoms with Gasteiger partial charge in [-0.25, -0.2) is 9.97 Å². The van der Waals surface area contributed by atoms with Gasteiger partial charge in [-0.05, 0) is 40.2 Å². The number of hydrogen-bond donors (Lipinski definition) is 1. The van der Waals surface area contributed by atoms with E-state index in [9.17, 15) is 4.79 Å². The summed E-state index contributed by atoms with van der Waals surface area (Å²) in [5.41, 5.74) is 1.14. The number of H-pyrrole nitrogens is 1. The van der Waals surface area contributed by atoms with E-state index < -0.39 is 0 Å². The second kappa shape index (κ2) is 4.34. The van der Waals surface area contributed by atoms with Gasteiger partial charge in [0.05, 0.1) is 10.9 Å². The number of benzene rings is 1. The third-order valence-corrected chi connectivity index (χ3v) is 3.01. The van der Waals surface area contributed by atoms with Crippen molar-refractivity contribution in [3.05, 3.63) is 57.4 Å². The van der Waals surface area contributed by atoms with Crippen LogP contribution >= 0.6 is 15.9 Å². The molecule has 0 saturated carbocycles. The minimum Gasteiger partial charge on any atom is -0.305 e. The molecule has 18 heavy (non-hydrogen) atoms. The molecule has 0 aliphatic carbocycles. The summed E-state index contributed by atoms with van der Waals surface area (Å²) in [4.78, 5) is 23.4. The number of aromatic amines is 1. The van der Waals surface area contributed by atoms with Gasteiger partial charge in [0.2, 0.25) is 0 Å². The van der Waals surface area contributed by atoms with Gasteiger partial charge in [-0.3, -0.25) is 4.79 Å². The van der Waals surface area contributed by atoms with Crippen LogP contribution in [0.2, 0.25) is 0 Å². The number of rotatable bonds is 1. The zero-order valence-corrected chi connectivity index (χ0v) is 10.8. The van der Waals surface area contributed by atoms with Gasteiger partial charge in [0.15, 0.2) is 5.82 Å². The molecule has 0 amide bonds. The second-order valence-electron chi connectivity index (χ2n) is 3.78. The van der Waals surface area contributed by atoms with Crippen LogP contribution in [0.1, 0.15) is 0 Å². The molecule has 0 radical (unpaired) electrons. The average Bonchev–Trinajstić information content (AvgIpc) is 2.39. The predicted octanol–water partition coefficient (Wildman–Crippen LogP) is 2.75. The lowest BCUT2D eigenvalue weighted by Crippen LogP contribution is -2.09. The lowest BCUT2D eigenvalue weighted by atomic mass is 10.2. The number of nitrogens with one attached hydrogen (secondary N) is 1. The highest BCUT2D eigenvalue weighted by Gasteiger charge is 2.06. The summed E-state index contributed by atoms with van der Waals surface area (Å²) in [6, 6.07) is 12.7. The fourth-order valence-corrected chi connectivity index (χ4v) is 2.09. The van der Waals surface area contributed by atoms with Crippen LogP contribution in [0.5, 0.6) is 0 Å². The molecular formula is C13H8BrN3O. The van der Waals surface area contributed by atoms with Gasteiger partial charge < -0.3 is 4.98 Å². The summed E-state index contributed by atoms with van der Waals surface area (Å²) in [5, 5.41) is 0.580. The highest BCUT2D eigenvalue weighted by Crippen LogP contribution is 2.16. The summed E-state index contributed by atoms with van der Waals surface area (Å²) in [6.45, 7) is 0. The van der Waals surface area contributed by atoms with Crippen LogP contribution in [0.3, 0.4) is 0 Å². The van der Waals surface area contributed by atoms with Crippen LogP contribution in [0, 0.1) is 0 Å². The Labute approximate surface area is 111 Å². The quantitative estimate of drug-likeness (QED) is 0.703. The Balaban J connectivity index is 2.28. The molecule has 1 aromatic carbocycles. The zero-order chi connectivity index (χ0) is 12.5. The molecule has 0 spiro atoms. The van der Waals surface area contributed by atoms with Crippen molar-refractivity contribution in [1.29, 1.82) is 0 Å². The molecule has 1 N–H and O–H groups in total. The van der Waals surface area contributed by atoms with Crippen molar-refractivity contribution in [2.45, 2.75) is 0 Å². The number of aromatic nitrogens is 3. The first-order valence-electron chi connectivity index (χ1n) is 5.36. The maximum atomic E-state index is 11.9. The van der Waals surface area contributed by atoms with E-state index in [-0.39, 0.29) is 5.56 Å². The lowest BCUT2D eigenvalue weighted by molar-refractivity contribution is 1.13. The normalized spacial score (nSPS) is 10.7. The van der Waals surface area contributed by atoms with Gasteiger partial charge in [-0.15, -0.1) is 0 Å². The maximum absolute atomic E-state index is 11.9. The van der Waals surface area contributed by atoms with E-state index >= 15 is 0 Å². The molecule has 3 aromatic rings. The minimum atomic E-state index is -0.155. The van der Waals surface area contributed by atoms with E-state index in [1.54, 1.807) is 12.1 Å². The van der Waals surface area contributed by atoms with Crippen LogP contribution in [-0.4, -0.2) is 15.0 Å². The number of hydrogen-bond acceptors (Lipinski definition) is 3. The van der Waals surface area contributed by atoms with Gasteiger partial charge in [0.1, 0.15) is 10.3 Å². The van der Waals surface area contributed by atoms with Gasteiger partial charge in [-0.2, -0.15) is 0 Å². The summed E-state index contributed by atoms with van der Waals surface area (Å²) in [7, 11) is 0. The predicted molar refractivity (Wildman–Crippen MR) is 73.3 cm³/mol. The van der Waals surface area contributed by atoms with E-state index in [4.69, 9.17) is 0 Å². The zero-order valence-electron chi connectivity index (χ0n) is 9.22. The molecule has 0 atom stereocenters. The lowest BCUT2D eigenvalue weighted by Gasteiger charge is -2.02. The van der Waals surface area contributed by atoms with E-state index in [2.05, 4.69) is 30.9 Å². The first-order valence-corrected chi connectivity index (χ1v) is 6.15. The van der Waals surface area contributed by atoms with Crippen molar-refractivity contribution in [2.24, 2.45) is 0 Å². The molecule has 0 aliphatic heterocycles. The van der Waals surface area contributed by atoms with Crippen molar-refractivity contribution >= 4 is 26.8 Å². The third kappa shape index (κ3) is 1.93. The minimum absolute atomic E-state index is 0.155. The molecule has 0 aliphatic rings. The highest BCUT2D eigenvalue weighted by atomic mass is 79.9. The van der Waals surface area contributed by atoms with Crippen molar-refractivity contribution in [3.8, 4) is 11.5 Å². The van der Waals surface area contributed by atoms with E-state index in [0.717, 1.165) is 0 Å². The monoisotopic (exact) mass is 301 g/mol. The average molecular weight is 302 g/mol. The number of nitrogens with zero attached hydrogens (tertiary/aromatic N) is 2. The fourth-order valence-electron chi connectivity index (χ4n) is 1.75. The molecule has 0 unspecified atom stereocenters. The third-order valence-electron chi connectivity index (χ3n) is 2.57. The Morgan fingerprint density at radius 2 is 1.83 bits per heavy atom. The Hall–Kier alpha value is -2.01.